The first kappa shape index (κ1) is 11.0. The predicted molar refractivity (Wildman–Crippen MR) is 53.1 cm³/mol. The molecule has 3 N–H and O–H groups in total. The van der Waals surface area contributed by atoms with Crippen LogP contribution in [0.4, 0.5) is 0 Å². The maximum Gasteiger partial charge on any atom is 0.337 e. The molecule has 0 amide bonds. The molecule has 0 aliphatic rings. The van der Waals surface area contributed by atoms with E-state index in [1.807, 2.05) is 0 Å². The molecule has 0 aliphatic carbocycles. The molecule has 0 saturated heterocycles. The third-order valence-corrected chi connectivity index (χ3v) is 2.71. The maximum atomic E-state index is 10.5. The van der Waals surface area contributed by atoms with Crippen molar-refractivity contribution < 1.29 is 20.1 Å². The lowest BCUT2D eigenvalue weighted by atomic mass is 10.1. The molecule has 1 rings (SSSR count). The molecule has 0 aromatic heterocycles. The van der Waals surface area contributed by atoms with Crippen LogP contribution in [-0.4, -0.2) is 21.3 Å². The summed E-state index contributed by atoms with van der Waals surface area (Å²) in [7, 11) is 0. The lowest BCUT2D eigenvalue weighted by Gasteiger charge is -2.09. The van der Waals surface area contributed by atoms with Gasteiger partial charge in [0.25, 0.3) is 0 Å². The minimum atomic E-state index is -1.61. The van der Waals surface area contributed by atoms with Gasteiger partial charge in [0.15, 0.2) is 6.10 Å². The summed E-state index contributed by atoms with van der Waals surface area (Å²) in [5.41, 5.74) is 0.749. The molecule has 0 radical (unpaired) electrons. The van der Waals surface area contributed by atoms with Crippen molar-refractivity contribution in [2.75, 3.05) is 0 Å². The zero-order valence-electron chi connectivity index (χ0n) is 7.36. The molecule has 1 aromatic carbocycles. The summed E-state index contributed by atoms with van der Waals surface area (Å²) in [6.45, 7) is 1.68. The van der Waals surface area contributed by atoms with E-state index in [0.29, 0.717) is 10.0 Å². The Morgan fingerprint density at radius 3 is 2.50 bits per heavy atom. The van der Waals surface area contributed by atoms with Gasteiger partial charge < -0.3 is 15.3 Å². The number of aliphatic hydroxyl groups is 1. The van der Waals surface area contributed by atoms with Crippen LogP contribution in [0.5, 0.6) is 5.75 Å². The minimum absolute atomic E-state index is 0.0466. The van der Waals surface area contributed by atoms with Crippen molar-refractivity contribution in [2.24, 2.45) is 0 Å². The Kier molecular flexibility index (Phi) is 3.13. The molecule has 5 heteroatoms. The fraction of sp³-hybridized carbons (Fsp3) is 0.222. The first-order valence-corrected chi connectivity index (χ1v) is 4.62. The molecule has 0 bridgehead atoms. The van der Waals surface area contributed by atoms with Crippen LogP contribution >= 0.6 is 15.9 Å². The van der Waals surface area contributed by atoms with Crippen molar-refractivity contribution in [3.8, 4) is 5.75 Å². The van der Waals surface area contributed by atoms with E-state index in [2.05, 4.69) is 15.9 Å². The highest BCUT2D eigenvalue weighted by molar-refractivity contribution is 9.10. The molecule has 0 aliphatic heterocycles. The van der Waals surface area contributed by atoms with Gasteiger partial charge in [0.05, 0.1) is 0 Å². The van der Waals surface area contributed by atoms with Crippen LogP contribution in [-0.2, 0) is 4.79 Å². The fourth-order valence-electron chi connectivity index (χ4n) is 0.985. The van der Waals surface area contributed by atoms with Crippen molar-refractivity contribution in [3.63, 3.8) is 0 Å². The second kappa shape index (κ2) is 3.98. The van der Waals surface area contributed by atoms with Gasteiger partial charge in [-0.1, -0.05) is 15.9 Å². The quantitative estimate of drug-likeness (QED) is 0.755. The van der Waals surface area contributed by atoms with Gasteiger partial charge in [0, 0.05) is 10.0 Å². The number of hydrogen-bond acceptors (Lipinski definition) is 3. The van der Waals surface area contributed by atoms with Gasteiger partial charge >= 0.3 is 5.97 Å². The monoisotopic (exact) mass is 260 g/mol. The largest absolute Gasteiger partial charge is 0.508 e. The van der Waals surface area contributed by atoms with Crippen molar-refractivity contribution in [3.05, 3.63) is 27.7 Å². The van der Waals surface area contributed by atoms with Crippen LogP contribution in [0.15, 0.2) is 16.6 Å². The zero-order chi connectivity index (χ0) is 10.9. The number of aromatic hydroxyl groups is 1. The average molecular weight is 261 g/mol. The topological polar surface area (TPSA) is 77.8 Å². The van der Waals surface area contributed by atoms with Gasteiger partial charge in [0.2, 0.25) is 0 Å². The summed E-state index contributed by atoms with van der Waals surface area (Å²) < 4.78 is 0.563. The second-order valence-corrected chi connectivity index (χ2v) is 3.74. The van der Waals surface area contributed by atoms with E-state index in [1.165, 1.54) is 12.1 Å². The van der Waals surface area contributed by atoms with Gasteiger partial charge in [-0.15, -0.1) is 0 Å². The van der Waals surface area contributed by atoms with E-state index in [4.69, 9.17) is 5.11 Å². The molecule has 1 atom stereocenters. The SMILES string of the molecule is Cc1c(O)cc(C(O)C(=O)O)cc1Br. The lowest BCUT2D eigenvalue weighted by molar-refractivity contribution is -0.146. The van der Waals surface area contributed by atoms with Crippen molar-refractivity contribution in [1.29, 1.82) is 0 Å². The highest BCUT2D eigenvalue weighted by Gasteiger charge is 2.18. The third kappa shape index (κ3) is 2.05. The van der Waals surface area contributed by atoms with Crippen LogP contribution in [0.1, 0.15) is 17.2 Å². The number of rotatable bonds is 2. The molecule has 76 valence electrons. The van der Waals surface area contributed by atoms with Gasteiger partial charge in [-0.2, -0.15) is 0 Å². The average Bonchev–Trinajstić information content (AvgIpc) is 2.12. The number of hydrogen-bond donors (Lipinski definition) is 3. The van der Waals surface area contributed by atoms with Crippen LogP contribution in [0, 0.1) is 6.92 Å². The molecule has 14 heavy (non-hydrogen) atoms. The highest BCUT2D eigenvalue weighted by Crippen LogP contribution is 2.29. The van der Waals surface area contributed by atoms with Crippen LogP contribution in [0.3, 0.4) is 0 Å². The second-order valence-electron chi connectivity index (χ2n) is 2.89. The normalized spacial score (nSPS) is 12.5. The number of aliphatic hydroxyl groups excluding tert-OH is 1. The summed E-state index contributed by atoms with van der Waals surface area (Å²) in [6.07, 6.45) is -1.61. The molecular weight excluding hydrogens is 252 g/mol. The molecule has 0 heterocycles. The maximum absolute atomic E-state index is 10.5. The smallest absolute Gasteiger partial charge is 0.337 e. The summed E-state index contributed by atoms with van der Waals surface area (Å²) in [6, 6.07) is 2.70. The van der Waals surface area contributed by atoms with Gasteiger partial charge in [-0.25, -0.2) is 4.79 Å². The number of carboxylic acid groups (broad SMARTS) is 1. The number of carboxylic acids is 1. The van der Waals surface area contributed by atoms with Crippen LogP contribution in [0.2, 0.25) is 0 Å². The predicted octanol–water partition coefficient (Wildman–Crippen LogP) is 1.58. The Hall–Kier alpha value is -1.07. The van der Waals surface area contributed by atoms with E-state index in [9.17, 15) is 15.0 Å². The Morgan fingerprint density at radius 1 is 1.50 bits per heavy atom. The first-order valence-electron chi connectivity index (χ1n) is 3.83. The highest BCUT2D eigenvalue weighted by atomic mass is 79.9. The first-order chi connectivity index (χ1) is 6.43. The number of carbonyl (C=O) groups is 1. The van der Waals surface area contributed by atoms with E-state index in [0.717, 1.165) is 0 Å². The Balaban J connectivity index is 3.19. The standard InChI is InChI=1S/C9H9BrO4/c1-4-6(10)2-5(3-7(4)11)8(12)9(13)14/h2-3,8,11-12H,1H3,(H,13,14). The summed E-state index contributed by atoms with van der Waals surface area (Å²) in [5.74, 6) is -1.39. The van der Waals surface area contributed by atoms with Crippen LogP contribution in [0.25, 0.3) is 0 Å². The van der Waals surface area contributed by atoms with Crippen LogP contribution < -0.4 is 0 Å². The van der Waals surface area contributed by atoms with Crippen molar-refractivity contribution in [2.45, 2.75) is 13.0 Å². The summed E-state index contributed by atoms with van der Waals surface area (Å²) in [5, 5.41) is 27.1. The molecule has 1 aromatic rings. The molecule has 0 fully saturated rings. The number of phenols is 1. The minimum Gasteiger partial charge on any atom is -0.508 e. The number of aliphatic carboxylic acids is 1. The lowest BCUT2D eigenvalue weighted by Crippen LogP contribution is -2.10. The molecule has 0 spiro atoms. The molecule has 1 unspecified atom stereocenters. The number of halogens is 1. The molecule has 4 nitrogen and oxygen atoms in total. The summed E-state index contributed by atoms with van der Waals surface area (Å²) >= 11 is 3.15. The number of benzene rings is 1. The Bertz CT molecular complexity index is 352. The molecule has 0 saturated carbocycles. The van der Waals surface area contributed by atoms with Gasteiger partial charge in [0.1, 0.15) is 5.75 Å². The fourth-order valence-corrected chi connectivity index (χ4v) is 1.45. The third-order valence-electron chi connectivity index (χ3n) is 1.89. The number of phenolic OH excluding ortho intramolecular Hbond substituents is 1. The Labute approximate surface area is 88.9 Å². The van der Waals surface area contributed by atoms with Gasteiger partial charge in [-0.05, 0) is 24.6 Å². The van der Waals surface area contributed by atoms with Crippen molar-refractivity contribution in [1.82, 2.24) is 0 Å². The Morgan fingerprint density at radius 2 is 2.07 bits per heavy atom. The van der Waals surface area contributed by atoms with E-state index in [-0.39, 0.29) is 11.3 Å². The van der Waals surface area contributed by atoms with E-state index >= 15 is 0 Å². The van der Waals surface area contributed by atoms with E-state index in [1.54, 1.807) is 6.92 Å². The van der Waals surface area contributed by atoms with Gasteiger partial charge in [-0.3, -0.25) is 0 Å². The van der Waals surface area contributed by atoms with Crippen molar-refractivity contribution >= 4 is 21.9 Å². The van der Waals surface area contributed by atoms with E-state index < -0.39 is 12.1 Å². The zero-order valence-corrected chi connectivity index (χ0v) is 8.95. The molecular formula is C9H9BrO4. The summed E-state index contributed by atoms with van der Waals surface area (Å²) in [4.78, 5) is 10.5.